The van der Waals surface area contributed by atoms with Crippen LogP contribution < -0.4 is 0 Å². The van der Waals surface area contributed by atoms with Gasteiger partial charge in [0.25, 0.3) is 0 Å². The van der Waals surface area contributed by atoms with E-state index in [2.05, 4.69) is 0 Å². The Labute approximate surface area is 83.9 Å². The van der Waals surface area contributed by atoms with E-state index in [9.17, 15) is 4.79 Å². The second-order valence-electron chi connectivity index (χ2n) is 3.92. The molecule has 2 rings (SSSR count). The lowest BCUT2D eigenvalue weighted by Crippen LogP contribution is -2.16. The van der Waals surface area contributed by atoms with E-state index in [-0.39, 0.29) is 5.41 Å². The Morgan fingerprint density at radius 1 is 1.43 bits per heavy atom. The molecule has 0 N–H and O–H groups in total. The molecular weight excluding hydrogens is 176 g/mol. The van der Waals surface area contributed by atoms with Gasteiger partial charge in [-0.15, -0.1) is 0 Å². The second kappa shape index (κ2) is 3.54. The molecule has 1 aromatic rings. The monoisotopic (exact) mass is 190 g/mol. The van der Waals surface area contributed by atoms with E-state index in [4.69, 9.17) is 4.74 Å². The fraction of sp³-hybridized carbons (Fsp3) is 0.417. The van der Waals surface area contributed by atoms with Gasteiger partial charge >= 0.3 is 0 Å². The van der Waals surface area contributed by atoms with Gasteiger partial charge < -0.3 is 4.74 Å². The van der Waals surface area contributed by atoms with Crippen LogP contribution in [0.3, 0.4) is 0 Å². The molecule has 1 fully saturated rings. The van der Waals surface area contributed by atoms with Gasteiger partial charge in [-0.1, -0.05) is 24.3 Å². The molecule has 0 radical (unpaired) electrons. The summed E-state index contributed by atoms with van der Waals surface area (Å²) in [6.45, 7) is 0.720. The number of ether oxygens (including phenoxy) is 1. The van der Waals surface area contributed by atoms with Crippen LogP contribution in [0.25, 0.3) is 0 Å². The molecule has 0 saturated heterocycles. The number of carbonyl (C=O) groups excluding carboxylic acids is 1. The first-order chi connectivity index (χ1) is 6.82. The summed E-state index contributed by atoms with van der Waals surface area (Å²) in [5, 5.41) is 0. The molecule has 14 heavy (non-hydrogen) atoms. The maximum Gasteiger partial charge on any atom is 0.150 e. The number of aldehydes is 1. The quantitative estimate of drug-likeness (QED) is 0.680. The van der Waals surface area contributed by atoms with Crippen molar-refractivity contribution >= 4 is 6.29 Å². The zero-order chi connectivity index (χ0) is 10.0. The molecule has 0 bridgehead atoms. The summed E-state index contributed by atoms with van der Waals surface area (Å²) < 4.78 is 5.21. The number of carbonyl (C=O) groups is 1. The van der Waals surface area contributed by atoms with Crippen molar-refractivity contribution in [1.82, 2.24) is 0 Å². The molecule has 2 nitrogen and oxygen atoms in total. The number of methoxy groups -OCH3 is 1. The first-order valence-corrected chi connectivity index (χ1v) is 4.86. The van der Waals surface area contributed by atoms with Gasteiger partial charge in [-0.2, -0.15) is 0 Å². The minimum Gasteiger partial charge on any atom is -0.384 e. The summed E-state index contributed by atoms with van der Waals surface area (Å²) in [4.78, 5) is 10.9. The van der Waals surface area contributed by atoms with E-state index in [0.29, 0.717) is 0 Å². The summed E-state index contributed by atoms with van der Waals surface area (Å²) in [7, 11) is 1.71. The van der Waals surface area contributed by atoms with Gasteiger partial charge in [0, 0.05) is 18.1 Å². The first-order valence-electron chi connectivity index (χ1n) is 4.86. The van der Waals surface area contributed by atoms with Crippen LogP contribution in [0.2, 0.25) is 0 Å². The summed E-state index contributed by atoms with van der Waals surface area (Å²) in [6.07, 6.45) is 3.20. The number of rotatable bonds is 4. The zero-order valence-electron chi connectivity index (χ0n) is 8.32. The number of benzene rings is 1. The summed E-state index contributed by atoms with van der Waals surface area (Å²) in [6, 6.07) is 7.79. The van der Waals surface area contributed by atoms with Crippen LogP contribution in [0.4, 0.5) is 0 Å². The molecule has 1 saturated carbocycles. The van der Waals surface area contributed by atoms with Crippen LogP contribution in [0.15, 0.2) is 24.3 Å². The van der Waals surface area contributed by atoms with Gasteiger partial charge in [-0.25, -0.2) is 0 Å². The summed E-state index contributed by atoms with van der Waals surface area (Å²) >= 11 is 0. The van der Waals surface area contributed by atoms with Gasteiger partial charge in [-0.05, 0) is 18.4 Å². The predicted octanol–water partition coefficient (Wildman–Crippen LogP) is 2.18. The molecule has 1 aliphatic rings. The molecule has 0 amide bonds. The van der Waals surface area contributed by atoms with E-state index in [0.717, 1.165) is 36.9 Å². The summed E-state index contributed by atoms with van der Waals surface area (Å²) in [5.41, 5.74) is 2.09. The van der Waals surface area contributed by atoms with Crippen molar-refractivity contribution in [3.63, 3.8) is 0 Å². The minimum atomic E-state index is 0.131. The lowest BCUT2D eigenvalue weighted by molar-refractivity contribution is 0.112. The van der Waals surface area contributed by atoms with Crippen molar-refractivity contribution in [2.24, 2.45) is 0 Å². The average Bonchev–Trinajstić information content (AvgIpc) is 2.99. The maximum atomic E-state index is 10.9. The largest absolute Gasteiger partial charge is 0.384 e. The predicted molar refractivity (Wildman–Crippen MR) is 54.6 cm³/mol. The van der Waals surface area contributed by atoms with Gasteiger partial charge in [-0.3, -0.25) is 4.79 Å². The molecule has 0 aromatic heterocycles. The molecule has 1 aliphatic carbocycles. The number of hydrogen-bond acceptors (Lipinski definition) is 2. The molecule has 0 unspecified atom stereocenters. The van der Waals surface area contributed by atoms with E-state index < -0.39 is 0 Å². The molecule has 1 aromatic carbocycles. The van der Waals surface area contributed by atoms with Crippen molar-refractivity contribution in [3.05, 3.63) is 35.4 Å². The van der Waals surface area contributed by atoms with E-state index >= 15 is 0 Å². The highest BCUT2D eigenvalue weighted by molar-refractivity contribution is 5.78. The highest BCUT2D eigenvalue weighted by Crippen LogP contribution is 2.49. The van der Waals surface area contributed by atoms with Crippen LogP contribution >= 0.6 is 0 Å². The average molecular weight is 190 g/mol. The Hall–Kier alpha value is -1.15. The lowest BCUT2D eigenvalue weighted by atomic mass is 9.92. The summed E-state index contributed by atoms with van der Waals surface area (Å²) in [5.74, 6) is 0. The van der Waals surface area contributed by atoms with E-state index in [1.807, 2.05) is 24.3 Å². The molecule has 2 heteroatoms. The van der Waals surface area contributed by atoms with Crippen molar-refractivity contribution in [2.45, 2.75) is 18.3 Å². The van der Waals surface area contributed by atoms with Gasteiger partial charge in [0.05, 0.1) is 6.61 Å². The van der Waals surface area contributed by atoms with Crippen molar-refractivity contribution < 1.29 is 9.53 Å². The lowest BCUT2D eigenvalue weighted by Gasteiger charge is -2.16. The zero-order valence-corrected chi connectivity index (χ0v) is 8.32. The van der Waals surface area contributed by atoms with E-state index in [1.54, 1.807) is 7.11 Å². The third-order valence-corrected chi connectivity index (χ3v) is 2.93. The van der Waals surface area contributed by atoms with Crippen molar-refractivity contribution in [2.75, 3.05) is 13.7 Å². The Kier molecular flexibility index (Phi) is 2.38. The van der Waals surface area contributed by atoms with Crippen LogP contribution in [0.5, 0.6) is 0 Å². The highest BCUT2D eigenvalue weighted by Gasteiger charge is 2.45. The molecule has 0 spiro atoms. The number of hydrogen-bond donors (Lipinski definition) is 0. The molecule has 74 valence electrons. The van der Waals surface area contributed by atoms with Gasteiger partial charge in [0.1, 0.15) is 6.29 Å². The second-order valence-corrected chi connectivity index (χ2v) is 3.92. The standard InChI is InChI=1S/C12H14O2/c1-14-9-12(6-7-12)11-5-3-2-4-10(11)8-13/h2-5,8H,6-7,9H2,1H3. The molecular formula is C12H14O2. The maximum absolute atomic E-state index is 10.9. The van der Waals surface area contributed by atoms with Gasteiger partial charge in [0.15, 0.2) is 0 Å². The Morgan fingerprint density at radius 3 is 2.71 bits per heavy atom. The SMILES string of the molecule is COCC1(c2ccccc2C=O)CC1. The smallest absolute Gasteiger partial charge is 0.150 e. The fourth-order valence-electron chi connectivity index (χ4n) is 2.00. The molecule has 0 heterocycles. The molecule has 0 aliphatic heterocycles. The topological polar surface area (TPSA) is 26.3 Å². The van der Waals surface area contributed by atoms with Gasteiger partial charge in [0.2, 0.25) is 0 Å². The van der Waals surface area contributed by atoms with Crippen LogP contribution in [0, 0.1) is 0 Å². The third kappa shape index (κ3) is 1.46. The Morgan fingerprint density at radius 2 is 2.14 bits per heavy atom. The van der Waals surface area contributed by atoms with E-state index in [1.165, 1.54) is 0 Å². The molecule has 0 atom stereocenters. The normalized spacial score (nSPS) is 17.8. The highest BCUT2D eigenvalue weighted by atomic mass is 16.5. The van der Waals surface area contributed by atoms with Crippen LogP contribution in [0.1, 0.15) is 28.8 Å². The first kappa shape index (κ1) is 9.41. The third-order valence-electron chi connectivity index (χ3n) is 2.93. The van der Waals surface area contributed by atoms with Crippen LogP contribution in [-0.2, 0) is 10.2 Å². The fourth-order valence-corrected chi connectivity index (χ4v) is 2.00. The Balaban J connectivity index is 2.35. The minimum absolute atomic E-state index is 0.131. The van der Waals surface area contributed by atoms with Crippen molar-refractivity contribution in [1.29, 1.82) is 0 Å². The van der Waals surface area contributed by atoms with Crippen molar-refractivity contribution in [3.8, 4) is 0 Å². The van der Waals surface area contributed by atoms with Crippen LogP contribution in [-0.4, -0.2) is 20.0 Å². The Bertz CT molecular complexity index is 340.